The van der Waals surface area contributed by atoms with Crippen LogP contribution in [0.3, 0.4) is 0 Å². The number of oxazole rings is 1. The minimum absolute atomic E-state index is 0.0521. The normalized spacial score (nSPS) is 12.5. The number of esters is 1. The number of halogens is 3. The number of likely N-dealkylation sites (N-methyl/N-ethyl adjacent to an activating group) is 1. The summed E-state index contributed by atoms with van der Waals surface area (Å²) in [6, 6.07) is 14.6. The highest BCUT2D eigenvalue weighted by atomic mass is 19.4. The number of para-hydroxylation sites is 2. The molecule has 0 fully saturated rings. The number of alkyl halides is 3. The number of hydrogen-bond donors (Lipinski definition) is 0. The summed E-state index contributed by atoms with van der Waals surface area (Å²) in [7, 11) is 2.94. The van der Waals surface area contributed by atoms with Gasteiger partial charge in [0.2, 0.25) is 0 Å². The van der Waals surface area contributed by atoms with Gasteiger partial charge in [0, 0.05) is 13.5 Å². The second kappa shape index (κ2) is 10.4. The summed E-state index contributed by atoms with van der Waals surface area (Å²) in [6.45, 7) is -0.653. The molecule has 0 aliphatic heterocycles. The number of methoxy groups -OCH3 is 1. The van der Waals surface area contributed by atoms with Crippen LogP contribution in [0.25, 0.3) is 11.1 Å². The van der Waals surface area contributed by atoms with Gasteiger partial charge in [0.15, 0.2) is 11.7 Å². The fourth-order valence-electron chi connectivity index (χ4n) is 2.89. The molecule has 0 bridgehead atoms. The van der Waals surface area contributed by atoms with E-state index in [2.05, 4.69) is 9.72 Å². The van der Waals surface area contributed by atoms with Crippen molar-refractivity contribution >= 4 is 23.1 Å². The maximum absolute atomic E-state index is 12.4. The largest absolute Gasteiger partial charge is 0.492 e. The van der Waals surface area contributed by atoms with E-state index in [1.54, 1.807) is 24.3 Å². The number of nitrogens with zero attached hydrogens (tertiary/aromatic N) is 2. The molecule has 0 saturated carbocycles. The smallest absolute Gasteiger partial charge is 0.411 e. The van der Waals surface area contributed by atoms with E-state index in [1.165, 1.54) is 0 Å². The Hall–Kier alpha value is -3.27. The van der Waals surface area contributed by atoms with Crippen LogP contribution in [0.1, 0.15) is 5.56 Å². The van der Waals surface area contributed by atoms with Gasteiger partial charge in [-0.2, -0.15) is 18.2 Å². The monoisotopic (exact) mass is 452 g/mol. The van der Waals surface area contributed by atoms with Crippen molar-refractivity contribution in [1.82, 2.24) is 4.98 Å². The molecule has 2 aromatic carbocycles. The van der Waals surface area contributed by atoms with Crippen LogP contribution in [0.5, 0.6) is 5.75 Å². The van der Waals surface area contributed by atoms with Crippen LogP contribution in [-0.2, 0) is 20.7 Å². The predicted octanol–water partition coefficient (Wildman–Crippen LogP) is 4.01. The first-order chi connectivity index (χ1) is 15.2. The zero-order valence-electron chi connectivity index (χ0n) is 17.6. The number of fused-ring (bicyclic) bond motifs is 1. The van der Waals surface area contributed by atoms with E-state index < -0.39 is 24.9 Å². The van der Waals surface area contributed by atoms with Crippen LogP contribution in [0.15, 0.2) is 52.9 Å². The second-order valence-electron chi connectivity index (χ2n) is 7.02. The fourth-order valence-corrected chi connectivity index (χ4v) is 2.89. The molecule has 3 rings (SSSR count). The molecule has 10 heteroatoms. The fraction of sp³-hybridized carbons (Fsp3) is 0.364. The van der Waals surface area contributed by atoms with Crippen LogP contribution in [-0.4, -0.2) is 57.1 Å². The van der Waals surface area contributed by atoms with E-state index in [1.807, 2.05) is 36.2 Å². The van der Waals surface area contributed by atoms with E-state index >= 15 is 0 Å². The summed E-state index contributed by atoms with van der Waals surface area (Å²) in [6.07, 6.45) is -5.93. The van der Waals surface area contributed by atoms with Gasteiger partial charge in [-0.25, -0.2) is 4.79 Å². The van der Waals surface area contributed by atoms with Crippen molar-refractivity contribution in [3.8, 4) is 5.75 Å². The Morgan fingerprint density at radius 3 is 2.53 bits per heavy atom. The van der Waals surface area contributed by atoms with Gasteiger partial charge in [0.25, 0.3) is 6.01 Å². The maximum atomic E-state index is 12.4. The number of carbonyl (C=O) groups excluding carboxylic acids is 1. The average Bonchev–Trinajstić information content (AvgIpc) is 3.21. The topological polar surface area (TPSA) is 74.0 Å². The molecule has 172 valence electrons. The van der Waals surface area contributed by atoms with Crippen molar-refractivity contribution in [3.63, 3.8) is 0 Å². The van der Waals surface area contributed by atoms with Crippen molar-refractivity contribution in [2.45, 2.75) is 18.7 Å². The number of ether oxygens (including phenoxy) is 3. The molecule has 0 spiro atoms. The van der Waals surface area contributed by atoms with Gasteiger partial charge < -0.3 is 23.5 Å². The summed E-state index contributed by atoms with van der Waals surface area (Å²) >= 11 is 0. The lowest BCUT2D eigenvalue weighted by atomic mass is 10.1. The van der Waals surface area contributed by atoms with Crippen LogP contribution in [0.2, 0.25) is 0 Å². The maximum Gasteiger partial charge on any atom is 0.411 e. The molecule has 3 aromatic rings. The van der Waals surface area contributed by atoms with Crippen LogP contribution in [0, 0.1) is 0 Å². The lowest BCUT2D eigenvalue weighted by molar-refractivity contribution is -0.193. The number of carbonyl (C=O) groups is 1. The van der Waals surface area contributed by atoms with E-state index in [0.717, 1.165) is 12.6 Å². The quantitative estimate of drug-likeness (QED) is 0.431. The molecule has 1 unspecified atom stereocenters. The SMILES string of the molecule is COC(=O)C(Cc1ccc(OCCN(C)c2nc3ccccc3o2)cc1)OCC(F)(F)F. The summed E-state index contributed by atoms with van der Waals surface area (Å²) < 4.78 is 57.9. The molecule has 0 aliphatic rings. The molecule has 32 heavy (non-hydrogen) atoms. The third-order valence-corrected chi connectivity index (χ3v) is 4.56. The molecular weight excluding hydrogens is 429 g/mol. The summed E-state index contributed by atoms with van der Waals surface area (Å²) in [5, 5.41) is 0. The van der Waals surface area contributed by atoms with Crippen LogP contribution < -0.4 is 9.64 Å². The van der Waals surface area contributed by atoms with E-state index in [0.29, 0.717) is 36.1 Å². The number of rotatable bonds is 10. The molecule has 1 aromatic heterocycles. The highest BCUT2D eigenvalue weighted by Crippen LogP contribution is 2.21. The van der Waals surface area contributed by atoms with E-state index in [9.17, 15) is 18.0 Å². The summed E-state index contributed by atoms with van der Waals surface area (Å²) in [5.41, 5.74) is 2.09. The summed E-state index contributed by atoms with van der Waals surface area (Å²) in [5.74, 6) is -0.289. The minimum atomic E-state index is -4.53. The zero-order chi connectivity index (χ0) is 23.1. The first-order valence-corrected chi connectivity index (χ1v) is 9.80. The highest BCUT2D eigenvalue weighted by molar-refractivity contribution is 5.75. The third-order valence-electron chi connectivity index (χ3n) is 4.56. The molecule has 0 amide bonds. The predicted molar refractivity (Wildman–Crippen MR) is 111 cm³/mol. The zero-order valence-corrected chi connectivity index (χ0v) is 17.6. The summed E-state index contributed by atoms with van der Waals surface area (Å²) in [4.78, 5) is 18.0. The number of aromatic nitrogens is 1. The van der Waals surface area contributed by atoms with Crippen molar-refractivity contribution in [1.29, 1.82) is 0 Å². The van der Waals surface area contributed by atoms with Crippen molar-refractivity contribution in [2.75, 3.05) is 38.8 Å². The van der Waals surface area contributed by atoms with Gasteiger partial charge in [-0.1, -0.05) is 24.3 Å². The van der Waals surface area contributed by atoms with Gasteiger partial charge in [-0.3, -0.25) is 0 Å². The van der Waals surface area contributed by atoms with Crippen molar-refractivity contribution in [3.05, 3.63) is 54.1 Å². The number of benzene rings is 2. The minimum Gasteiger partial charge on any atom is -0.492 e. The molecule has 7 nitrogen and oxygen atoms in total. The Labute approximate surface area is 182 Å². The number of hydrogen-bond acceptors (Lipinski definition) is 7. The Bertz CT molecular complexity index is 987. The molecule has 1 heterocycles. The van der Waals surface area contributed by atoms with Gasteiger partial charge in [0.1, 0.15) is 24.5 Å². The molecule has 0 radical (unpaired) electrons. The Morgan fingerprint density at radius 2 is 1.88 bits per heavy atom. The van der Waals surface area contributed by atoms with Crippen molar-refractivity contribution < 1.29 is 36.6 Å². The van der Waals surface area contributed by atoms with Gasteiger partial charge in [-0.05, 0) is 29.8 Å². The first kappa shape index (κ1) is 23.4. The Balaban J connectivity index is 1.50. The highest BCUT2D eigenvalue weighted by Gasteiger charge is 2.31. The number of anilines is 1. The Kier molecular flexibility index (Phi) is 7.57. The molecular formula is C22H23F3N2O5. The van der Waals surface area contributed by atoms with Gasteiger partial charge in [-0.15, -0.1) is 0 Å². The molecule has 0 aliphatic carbocycles. The second-order valence-corrected chi connectivity index (χ2v) is 7.02. The molecule has 1 atom stereocenters. The lowest BCUT2D eigenvalue weighted by Crippen LogP contribution is -2.32. The lowest BCUT2D eigenvalue weighted by Gasteiger charge is -2.17. The van der Waals surface area contributed by atoms with Crippen LogP contribution >= 0.6 is 0 Å². The van der Waals surface area contributed by atoms with Crippen LogP contribution in [0.4, 0.5) is 19.2 Å². The van der Waals surface area contributed by atoms with Crippen molar-refractivity contribution in [2.24, 2.45) is 0 Å². The average molecular weight is 452 g/mol. The Morgan fingerprint density at radius 1 is 1.16 bits per heavy atom. The first-order valence-electron chi connectivity index (χ1n) is 9.80. The van der Waals surface area contributed by atoms with Gasteiger partial charge in [0.05, 0.1) is 13.7 Å². The molecule has 0 saturated heterocycles. The van der Waals surface area contributed by atoms with E-state index in [-0.39, 0.29) is 6.42 Å². The third kappa shape index (κ3) is 6.61. The molecule has 0 N–H and O–H groups in total. The standard InChI is InChI=1S/C22H23F3N2O5/c1-27(21-26-17-5-3-4-6-18(17)32-21)11-12-30-16-9-7-15(8-10-16)13-19(20(28)29-2)31-14-22(23,24)25/h3-10,19H,11-14H2,1-2H3. The van der Waals surface area contributed by atoms with E-state index in [4.69, 9.17) is 13.9 Å². The van der Waals surface area contributed by atoms with Gasteiger partial charge >= 0.3 is 12.1 Å².